The highest BCUT2D eigenvalue weighted by Gasteiger charge is 2.18. The molecule has 3 aromatic carbocycles. The second-order valence-electron chi connectivity index (χ2n) is 9.91. The molecule has 0 aliphatic carbocycles. The lowest BCUT2D eigenvalue weighted by Gasteiger charge is -2.30. The third-order valence-corrected chi connectivity index (χ3v) is 7.19. The zero-order valence-electron chi connectivity index (χ0n) is 24.9. The minimum Gasteiger partial charge on any atom is -0.465 e. The predicted molar refractivity (Wildman–Crippen MR) is 179 cm³/mol. The van der Waals surface area contributed by atoms with Gasteiger partial charge in [-0.25, -0.2) is 0 Å². The minimum atomic E-state index is -0.258. The Hall–Kier alpha value is -3.83. The summed E-state index contributed by atoms with van der Waals surface area (Å²) in [6.07, 6.45) is 8.47. The number of carbonyl (C=O) groups is 1. The number of aryl methyl sites for hydroxylation is 1. The number of hydrogen-bond donors (Lipinski definition) is 1. The fourth-order valence-electron chi connectivity index (χ4n) is 4.96. The fourth-order valence-corrected chi connectivity index (χ4v) is 5.05. The molecular weight excluding hydrogens is 536 g/mol. The number of esters is 1. The number of aromatic nitrogens is 1. The summed E-state index contributed by atoms with van der Waals surface area (Å²) in [5, 5.41) is 0. The van der Waals surface area contributed by atoms with Crippen LogP contribution in [0.5, 0.6) is 0 Å². The Morgan fingerprint density at radius 2 is 1.43 bits per heavy atom. The van der Waals surface area contributed by atoms with Crippen LogP contribution in [-0.2, 0) is 16.0 Å². The van der Waals surface area contributed by atoms with Crippen molar-refractivity contribution in [3.05, 3.63) is 144 Å². The van der Waals surface area contributed by atoms with E-state index in [2.05, 4.69) is 138 Å². The van der Waals surface area contributed by atoms with Crippen LogP contribution in [0.25, 0.3) is 5.70 Å². The summed E-state index contributed by atoms with van der Waals surface area (Å²) in [5.74, 6) is 0.278. The molecule has 0 bridgehead atoms. The van der Waals surface area contributed by atoms with Crippen molar-refractivity contribution in [1.82, 2.24) is 9.88 Å². The lowest BCUT2D eigenvalue weighted by atomic mass is 9.88. The van der Waals surface area contributed by atoms with Crippen molar-refractivity contribution in [2.75, 3.05) is 25.4 Å². The maximum atomic E-state index is 10.1. The number of hydrogen-bond acceptors (Lipinski definition) is 5. The first-order chi connectivity index (χ1) is 20.7. The van der Waals surface area contributed by atoms with Gasteiger partial charge in [-0.1, -0.05) is 110 Å². The van der Waals surface area contributed by atoms with Crippen molar-refractivity contribution >= 4 is 24.3 Å². The van der Waals surface area contributed by atoms with E-state index in [1.54, 1.807) is 6.92 Å². The van der Waals surface area contributed by atoms with Gasteiger partial charge in [-0.2, -0.15) is 12.6 Å². The molecule has 0 aliphatic rings. The molecule has 4 rings (SSSR count). The first kappa shape index (κ1) is 32.7. The van der Waals surface area contributed by atoms with Crippen LogP contribution in [0.1, 0.15) is 61.4 Å². The summed E-state index contributed by atoms with van der Waals surface area (Å²) in [7, 11) is 0. The maximum Gasteiger partial charge on any atom is 0.315 e. The Morgan fingerprint density at radius 3 is 1.93 bits per heavy atom. The third-order valence-electron chi connectivity index (χ3n) is 6.93. The Balaban J connectivity index is 0.000000616. The Kier molecular flexibility index (Phi) is 15.0. The number of ether oxygens (including phenoxy) is 1. The van der Waals surface area contributed by atoms with Gasteiger partial charge in [0.25, 0.3) is 0 Å². The average Bonchev–Trinajstić information content (AvgIpc) is 3.05. The first-order valence-electron chi connectivity index (χ1n) is 14.9. The van der Waals surface area contributed by atoms with Crippen molar-refractivity contribution in [3.63, 3.8) is 0 Å². The van der Waals surface area contributed by atoms with Crippen molar-refractivity contribution in [2.45, 2.75) is 45.4 Å². The van der Waals surface area contributed by atoms with E-state index in [1.807, 2.05) is 12.3 Å². The van der Waals surface area contributed by atoms with E-state index in [4.69, 9.17) is 4.98 Å². The number of nitrogens with zero attached hydrogens (tertiary/aromatic N) is 2. The topological polar surface area (TPSA) is 42.4 Å². The summed E-state index contributed by atoms with van der Waals surface area (Å²) in [5.41, 5.74) is 6.47. The van der Waals surface area contributed by atoms with Gasteiger partial charge in [0, 0.05) is 25.2 Å². The molecule has 0 fully saturated rings. The molecule has 1 heterocycles. The van der Waals surface area contributed by atoms with E-state index in [1.165, 1.54) is 22.4 Å². The Labute approximate surface area is 257 Å². The van der Waals surface area contributed by atoms with Crippen LogP contribution in [-0.4, -0.2) is 41.3 Å². The number of benzene rings is 3. The minimum absolute atomic E-state index is 0.174. The molecule has 4 aromatic rings. The van der Waals surface area contributed by atoms with Gasteiger partial charge >= 0.3 is 5.97 Å². The smallest absolute Gasteiger partial charge is 0.315 e. The molecule has 4 nitrogen and oxygen atoms in total. The first-order valence-corrected chi connectivity index (χ1v) is 15.6. The highest BCUT2D eigenvalue weighted by molar-refractivity contribution is 7.81. The molecule has 5 heteroatoms. The zero-order chi connectivity index (χ0) is 29.8. The van der Waals surface area contributed by atoms with Crippen LogP contribution in [0.3, 0.4) is 0 Å². The molecule has 0 aliphatic heterocycles. The number of allylic oxidation sites excluding steroid dienone is 1. The molecule has 42 heavy (non-hydrogen) atoms. The second kappa shape index (κ2) is 19.3. The number of thiol groups is 1. The molecular formula is C37H44N2O2S. The van der Waals surface area contributed by atoms with E-state index < -0.39 is 0 Å². The van der Waals surface area contributed by atoms with Crippen molar-refractivity contribution in [2.24, 2.45) is 0 Å². The number of carbonyl (C=O) groups excluding carboxylic acids is 1. The normalized spacial score (nSPS) is 11.0. The quantitative estimate of drug-likeness (QED) is 0.120. The van der Waals surface area contributed by atoms with Gasteiger partial charge in [0.15, 0.2) is 0 Å². The Morgan fingerprint density at radius 1 is 0.833 bits per heavy atom. The summed E-state index contributed by atoms with van der Waals surface area (Å²) in [6, 6.07) is 38.9. The van der Waals surface area contributed by atoms with E-state index in [9.17, 15) is 4.79 Å². The van der Waals surface area contributed by atoms with Crippen LogP contribution in [0.4, 0.5) is 0 Å². The van der Waals surface area contributed by atoms with E-state index in [0.29, 0.717) is 12.5 Å². The molecule has 0 radical (unpaired) electrons. The van der Waals surface area contributed by atoms with Crippen LogP contribution < -0.4 is 0 Å². The van der Waals surface area contributed by atoms with Crippen molar-refractivity contribution in [3.8, 4) is 0 Å². The van der Waals surface area contributed by atoms with E-state index in [0.717, 1.165) is 44.5 Å². The highest BCUT2D eigenvalue weighted by Crippen LogP contribution is 2.30. The van der Waals surface area contributed by atoms with Gasteiger partial charge < -0.3 is 9.64 Å². The van der Waals surface area contributed by atoms with Gasteiger partial charge in [0.2, 0.25) is 0 Å². The van der Waals surface area contributed by atoms with Gasteiger partial charge in [-0.05, 0) is 61.4 Å². The SMILES string of the molecule is CC/C=C(/c1ccccn1)N(CCCc1ccccc1)CCC(c1ccccc1)c1ccccc1.CCOC(=O)CS. The van der Waals surface area contributed by atoms with Gasteiger partial charge in [-0.3, -0.25) is 9.78 Å². The molecule has 0 amide bonds. The molecule has 0 spiro atoms. The highest BCUT2D eigenvalue weighted by atomic mass is 32.1. The molecule has 220 valence electrons. The van der Waals surface area contributed by atoms with Crippen molar-refractivity contribution < 1.29 is 9.53 Å². The largest absolute Gasteiger partial charge is 0.465 e. The molecule has 0 unspecified atom stereocenters. The second-order valence-corrected chi connectivity index (χ2v) is 10.2. The van der Waals surface area contributed by atoms with Crippen LogP contribution in [0.2, 0.25) is 0 Å². The van der Waals surface area contributed by atoms with Crippen LogP contribution in [0, 0.1) is 0 Å². The van der Waals surface area contributed by atoms with Crippen molar-refractivity contribution in [1.29, 1.82) is 0 Å². The Bertz CT molecular complexity index is 1260. The monoisotopic (exact) mass is 580 g/mol. The zero-order valence-corrected chi connectivity index (χ0v) is 25.8. The summed E-state index contributed by atoms with van der Waals surface area (Å²) < 4.78 is 4.48. The lowest BCUT2D eigenvalue weighted by molar-refractivity contribution is -0.139. The number of pyridine rings is 1. The standard InChI is InChI=1S/C33H36N2.C4H8O2S/c1-2-15-33(32-23-12-13-25-34-32)35(26-14-18-28-16-6-3-7-17-28)27-24-31(29-19-8-4-9-20-29)30-21-10-5-11-22-30;1-2-6-4(5)3-7/h3-13,15-17,19-23,25,31H,2,14,18,24,26-27H2,1H3;7H,2-3H2,1H3/b33-15-;. The molecule has 0 saturated heterocycles. The number of rotatable bonds is 14. The molecule has 0 atom stereocenters. The molecule has 0 N–H and O–H groups in total. The summed E-state index contributed by atoms with van der Waals surface area (Å²) in [4.78, 5) is 17.4. The third kappa shape index (κ3) is 11.2. The molecule has 0 saturated carbocycles. The lowest BCUT2D eigenvalue weighted by Crippen LogP contribution is -2.27. The fraction of sp³-hybridized carbons (Fsp3) is 0.297. The van der Waals surface area contributed by atoms with Gasteiger partial charge in [0.05, 0.1) is 23.8 Å². The van der Waals surface area contributed by atoms with Gasteiger partial charge in [-0.15, -0.1) is 0 Å². The average molecular weight is 581 g/mol. The van der Waals surface area contributed by atoms with E-state index >= 15 is 0 Å². The summed E-state index contributed by atoms with van der Waals surface area (Å²) in [6.45, 7) is 6.40. The van der Waals surface area contributed by atoms with E-state index in [-0.39, 0.29) is 11.7 Å². The molecule has 1 aromatic heterocycles. The van der Waals surface area contributed by atoms with Crippen LogP contribution >= 0.6 is 12.6 Å². The predicted octanol–water partition coefficient (Wildman–Crippen LogP) is 8.47. The van der Waals surface area contributed by atoms with Gasteiger partial charge in [0.1, 0.15) is 0 Å². The maximum absolute atomic E-state index is 10.1. The summed E-state index contributed by atoms with van der Waals surface area (Å²) >= 11 is 3.67. The van der Waals surface area contributed by atoms with Crippen LogP contribution in [0.15, 0.2) is 121 Å².